The van der Waals surface area contributed by atoms with E-state index >= 15 is 0 Å². The number of nitrogens with one attached hydrogen (secondary N) is 2. The quantitative estimate of drug-likeness (QED) is 0.183. The Hall–Kier alpha value is -3.01. The molecular formula is C27H34Cl2N2O7. The van der Waals surface area contributed by atoms with Crippen molar-refractivity contribution in [3.63, 3.8) is 0 Å². The van der Waals surface area contributed by atoms with Crippen molar-refractivity contribution < 1.29 is 33.7 Å². The summed E-state index contributed by atoms with van der Waals surface area (Å²) >= 11 is 12.6. The molecule has 0 heterocycles. The van der Waals surface area contributed by atoms with E-state index in [0.29, 0.717) is 6.61 Å². The van der Waals surface area contributed by atoms with Gasteiger partial charge in [0, 0.05) is 6.42 Å². The van der Waals surface area contributed by atoms with Crippen molar-refractivity contribution in [3.8, 4) is 11.5 Å². The zero-order valence-electron chi connectivity index (χ0n) is 21.9. The van der Waals surface area contributed by atoms with Gasteiger partial charge in [-0.25, -0.2) is 4.79 Å². The summed E-state index contributed by atoms with van der Waals surface area (Å²) in [5, 5.41) is 16.0. The van der Waals surface area contributed by atoms with Crippen molar-refractivity contribution in [1.29, 1.82) is 0 Å². The molecule has 11 heteroatoms. The molecule has 2 aromatic rings. The number of amides is 1. The Morgan fingerprint density at radius 1 is 1.05 bits per heavy atom. The molecule has 38 heavy (non-hydrogen) atoms. The summed E-state index contributed by atoms with van der Waals surface area (Å²) in [6, 6.07) is 8.99. The largest absolute Gasteiger partial charge is 0.505 e. The van der Waals surface area contributed by atoms with Crippen LogP contribution < -0.4 is 15.4 Å². The molecule has 1 amide bonds. The molecule has 0 saturated carbocycles. The van der Waals surface area contributed by atoms with E-state index in [1.807, 2.05) is 13.1 Å². The number of esters is 2. The van der Waals surface area contributed by atoms with Gasteiger partial charge in [0.25, 0.3) is 5.91 Å². The molecule has 0 saturated heterocycles. The normalized spacial score (nSPS) is 11.9. The fourth-order valence-corrected chi connectivity index (χ4v) is 3.78. The van der Waals surface area contributed by atoms with Crippen LogP contribution >= 0.6 is 23.2 Å². The lowest BCUT2D eigenvalue weighted by Gasteiger charge is -2.20. The van der Waals surface area contributed by atoms with Gasteiger partial charge in [-0.05, 0) is 58.8 Å². The fourth-order valence-electron chi connectivity index (χ4n) is 3.21. The highest BCUT2D eigenvalue weighted by atomic mass is 35.5. The molecule has 2 rings (SSSR count). The molecule has 1 atom stereocenters. The Morgan fingerprint density at radius 2 is 1.74 bits per heavy atom. The Labute approximate surface area is 232 Å². The highest BCUT2D eigenvalue weighted by Gasteiger charge is 2.28. The van der Waals surface area contributed by atoms with Gasteiger partial charge in [0.05, 0.1) is 22.6 Å². The van der Waals surface area contributed by atoms with Crippen LogP contribution in [-0.4, -0.2) is 56.0 Å². The number of carbonyl (C=O) groups excluding carboxylic acids is 3. The van der Waals surface area contributed by atoms with E-state index in [2.05, 4.69) is 10.6 Å². The summed E-state index contributed by atoms with van der Waals surface area (Å²) in [4.78, 5) is 37.9. The van der Waals surface area contributed by atoms with Gasteiger partial charge in [-0.2, -0.15) is 0 Å². The standard InChI is InChI=1S/C27H34Cl2N2O7/c1-27(2,3)26(35)38-16-37-25(34)20(14-17-10-6-5-7-11-17)31-24(33)18-15-19(28)23(21(29)22(18)32)36-13-9-8-12-30-4/h5-7,10-11,15,20,30,32H,8-9,12-14,16H2,1-4H3,(H,31,33)/t20-/m0/s1. The molecule has 0 aliphatic heterocycles. The third-order valence-corrected chi connectivity index (χ3v) is 5.97. The molecule has 0 aliphatic carbocycles. The highest BCUT2D eigenvalue weighted by Crippen LogP contribution is 2.42. The lowest BCUT2D eigenvalue weighted by molar-refractivity contribution is -0.174. The van der Waals surface area contributed by atoms with Crippen LogP contribution in [-0.2, 0) is 25.5 Å². The summed E-state index contributed by atoms with van der Waals surface area (Å²) in [7, 11) is 1.85. The van der Waals surface area contributed by atoms with Gasteiger partial charge in [-0.3, -0.25) is 9.59 Å². The number of aromatic hydroxyl groups is 1. The van der Waals surface area contributed by atoms with Crippen molar-refractivity contribution in [3.05, 3.63) is 57.6 Å². The van der Waals surface area contributed by atoms with Crippen LogP contribution in [0.25, 0.3) is 0 Å². The van der Waals surface area contributed by atoms with E-state index in [1.54, 1.807) is 45.0 Å². The summed E-state index contributed by atoms with van der Waals surface area (Å²) in [5.41, 5.74) is -0.279. The topological polar surface area (TPSA) is 123 Å². The average Bonchev–Trinajstić information content (AvgIpc) is 2.87. The van der Waals surface area contributed by atoms with Crippen molar-refractivity contribution in [1.82, 2.24) is 10.6 Å². The van der Waals surface area contributed by atoms with Gasteiger partial charge >= 0.3 is 11.9 Å². The van der Waals surface area contributed by atoms with E-state index in [1.165, 1.54) is 6.07 Å². The van der Waals surface area contributed by atoms with Crippen LogP contribution in [0.5, 0.6) is 11.5 Å². The third-order valence-electron chi connectivity index (χ3n) is 5.34. The number of benzene rings is 2. The Kier molecular flexibility index (Phi) is 12.2. The van der Waals surface area contributed by atoms with Crippen molar-refractivity contribution >= 4 is 41.0 Å². The predicted molar refractivity (Wildman–Crippen MR) is 145 cm³/mol. The van der Waals surface area contributed by atoms with Gasteiger partial charge in [-0.15, -0.1) is 0 Å². The number of phenols is 1. The van der Waals surface area contributed by atoms with Crippen LogP contribution in [0.3, 0.4) is 0 Å². The average molecular weight is 569 g/mol. The van der Waals surface area contributed by atoms with Crippen LogP contribution in [0.15, 0.2) is 36.4 Å². The smallest absolute Gasteiger partial charge is 0.331 e. The second-order valence-corrected chi connectivity index (χ2v) is 10.3. The number of carbonyl (C=O) groups is 3. The van der Waals surface area contributed by atoms with Crippen LogP contribution in [0.2, 0.25) is 10.0 Å². The van der Waals surface area contributed by atoms with Gasteiger partial charge in [-0.1, -0.05) is 53.5 Å². The lowest BCUT2D eigenvalue weighted by atomic mass is 9.98. The maximum absolute atomic E-state index is 13.1. The minimum Gasteiger partial charge on any atom is -0.505 e. The highest BCUT2D eigenvalue weighted by molar-refractivity contribution is 6.39. The maximum Gasteiger partial charge on any atom is 0.331 e. The SMILES string of the molecule is CNCCCCOc1c(Cl)cc(C(=O)N[C@@H](Cc2ccccc2)C(=O)OCOC(=O)C(C)(C)C)c(O)c1Cl. The van der Waals surface area contributed by atoms with E-state index in [0.717, 1.165) is 24.9 Å². The third kappa shape index (κ3) is 9.38. The van der Waals surface area contributed by atoms with Crippen molar-refractivity contribution in [2.45, 2.75) is 46.1 Å². The summed E-state index contributed by atoms with van der Waals surface area (Å²) in [6.45, 7) is 5.52. The first-order chi connectivity index (χ1) is 18.0. The second kappa shape index (κ2) is 14.8. The fraction of sp³-hybridized carbons (Fsp3) is 0.444. The molecule has 2 aromatic carbocycles. The molecule has 0 aliphatic rings. The number of ether oxygens (including phenoxy) is 3. The molecule has 3 N–H and O–H groups in total. The predicted octanol–water partition coefficient (Wildman–Crippen LogP) is 4.51. The number of unbranched alkanes of at least 4 members (excludes halogenated alkanes) is 1. The Morgan fingerprint density at radius 3 is 2.37 bits per heavy atom. The molecule has 0 fully saturated rings. The maximum atomic E-state index is 13.1. The van der Waals surface area contributed by atoms with E-state index in [-0.39, 0.29) is 27.8 Å². The van der Waals surface area contributed by atoms with Crippen LogP contribution in [0.4, 0.5) is 0 Å². The first-order valence-corrected chi connectivity index (χ1v) is 12.9. The number of rotatable bonds is 13. The van der Waals surface area contributed by atoms with Gasteiger partial charge in [0.2, 0.25) is 6.79 Å². The van der Waals surface area contributed by atoms with E-state index < -0.39 is 41.8 Å². The number of hydrogen-bond acceptors (Lipinski definition) is 8. The minimum absolute atomic E-state index is 0.0304. The van der Waals surface area contributed by atoms with Crippen molar-refractivity contribution in [2.75, 3.05) is 27.0 Å². The molecule has 0 radical (unpaired) electrons. The molecule has 0 bridgehead atoms. The zero-order valence-corrected chi connectivity index (χ0v) is 23.4. The number of phenolic OH excluding ortho intramolecular Hbond substituents is 1. The van der Waals surface area contributed by atoms with Gasteiger partial charge < -0.3 is 30.0 Å². The van der Waals surface area contributed by atoms with E-state index in [4.69, 9.17) is 37.4 Å². The van der Waals surface area contributed by atoms with E-state index in [9.17, 15) is 19.5 Å². The first kappa shape index (κ1) is 31.2. The van der Waals surface area contributed by atoms with Gasteiger partial charge in [0.15, 0.2) is 11.5 Å². The van der Waals surface area contributed by atoms with Crippen LogP contribution in [0.1, 0.15) is 49.5 Å². The second-order valence-electron chi connectivity index (χ2n) is 9.54. The summed E-state index contributed by atoms with van der Waals surface area (Å²) in [6.07, 6.45) is 1.67. The minimum atomic E-state index is -1.17. The summed E-state index contributed by atoms with van der Waals surface area (Å²) < 4.78 is 15.7. The van der Waals surface area contributed by atoms with Gasteiger partial charge in [0.1, 0.15) is 11.1 Å². The monoisotopic (exact) mass is 568 g/mol. The number of hydrogen-bond donors (Lipinski definition) is 3. The lowest BCUT2D eigenvalue weighted by Crippen LogP contribution is -2.43. The molecule has 0 unspecified atom stereocenters. The molecule has 208 valence electrons. The molecular weight excluding hydrogens is 535 g/mol. The number of halogens is 2. The van der Waals surface area contributed by atoms with Crippen molar-refractivity contribution in [2.24, 2.45) is 5.41 Å². The van der Waals surface area contributed by atoms with Crippen LogP contribution in [0, 0.1) is 5.41 Å². The molecule has 0 spiro atoms. The zero-order chi connectivity index (χ0) is 28.3. The Bertz CT molecular complexity index is 1100. The molecule has 0 aromatic heterocycles. The molecule has 9 nitrogen and oxygen atoms in total. The summed E-state index contributed by atoms with van der Waals surface area (Å²) in [5.74, 6) is -2.66. The Balaban J connectivity index is 2.17. The first-order valence-electron chi connectivity index (χ1n) is 12.1.